The number of aromatic hydroxyl groups is 2. The van der Waals surface area contributed by atoms with Crippen LogP contribution in [-0.4, -0.2) is 32.1 Å². The summed E-state index contributed by atoms with van der Waals surface area (Å²) in [6.07, 6.45) is 1.24. The standard InChI is InChI=1S/C18H16N4O4/c1-11-15(18(26)22(21-11)12-5-3-2-4-6-12)10-19-20-17(25)14-8-7-13(23)9-16(14)24/h2-10,21,23-24H,1H3,(H,20,25)/b19-10+. The highest BCUT2D eigenvalue weighted by Crippen LogP contribution is 2.22. The van der Waals surface area contributed by atoms with Crippen LogP contribution in [0.15, 0.2) is 58.4 Å². The SMILES string of the molecule is Cc1[nH]n(-c2ccccc2)c(=O)c1/C=N/NC(=O)c1ccc(O)cc1O. The molecule has 0 radical (unpaired) electrons. The van der Waals surface area contributed by atoms with E-state index < -0.39 is 5.91 Å². The minimum absolute atomic E-state index is 0.0487. The van der Waals surface area contributed by atoms with Gasteiger partial charge < -0.3 is 10.2 Å². The number of aromatic nitrogens is 2. The Labute approximate surface area is 148 Å². The molecule has 1 aromatic heterocycles. The molecule has 0 aliphatic carbocycles. The van der Waals surface area contributed by atoms with E-state index in [1.807, 2.05) is 18.2 Å². The van der Waals surface area contributed by atoms with Crippen LogP contribution in [0.2, 0.25) is 0 Å². The first kappa shape index (κ1) is 17.0. The normalized spacial score (nSPS) is 11.0. The quantitative estimate of drug-likeness (QED) is 0.421. The van der Waals surface area contributed by atoms with Crippen molar-refractivity contribution in [2.45, 2.75) is 6.92 Å². The first-order chi connectivity index (χ1) is 12.5. The highest BCUT2D eigenvalue weighted by molar-refractivity contribution is 5.97. The van der Waals surface area contributed by atoms with Gasteiger partial charge in [-0.25, -0.2) is 10.1 Å². The van der Waals surface area contributed by atoms with Crippen LogP contribution in [0.3, 0.4) is 0 Å². The molecule has 0 bridgehead atoms. The zero-order valence-corrected chi connectivity index (χ0v) is 13.8. The average molecular weight is 352 g/mol. The van der Waals surface area contributed by atoms with Crippen LogP contribution in [0, 0.1) is 6.92 Å². The Hall–Kier alpha value is -3.81. The molecule has 26 heavy (non-hydrogen) atoms. The molecule has 8 heteroatoms. The fourth-order valence-electron chi connectivity index (χ4n) is 2.40. The molecule has 0 fully saturated rings. The summed E-state index contributed by atoms with van der Waals surface area (Å²) in [7, 11) is 0. The molecule has 0 aliphatic heterocycles. The van der Waals surface area contributed by atoms with Crippen molar-refractivity contribution in [1.82, 2.24) is 15.2 Å². The number of hydrazone groups is 1. The zero-order valence-electron chi connectivity index (χ0n) is 13.8. The second kappa shape index (κ2) is 6.98. The number of aromatic amines is 1. The molecule has 8 nitrogen and oxygen atoms in total. The second-order valence-electron chi connectivity index (χ2n) is 5.53. The van der Waals surface area contributed by atoms with E-state index in [2.05, 4.69) is 15.6 Å². The Kier molecular flexibility index (Phi) is 4.57. The lowest BCUT2D eigenvalue weighted by Gasteiger charge is -2.02. The van der Waals surface area contributed by atoms with Gasteiger partial charge in [-0.15, -0.1) is 0 Å². The van der Waals surface area contributed by atoms with Crippen molar-refractivity contribution in [1.29, 1.82) is 0 Å². The maximum atomic E-state index is 12.5. The molecule has 3 aromatic rings. The summed E-state index contributed by atoms with van der Waals surface area (Å²) in [5.74, 6) is -1.20. The Bertz CT molecular complexity index is 1040. The molecule has 0 saturated carbocycles. The van der Waals surface area contributed by atoms with E-state index in [9.17, 15) is 19.8 Å². The van der Waals surface area contributed by atoms with Crippen LogP contribution in [0.1, 0.15) is 21.6 Å². The lowest BCUT2D eigenvalue weighted by atomic mass is 10.2. The van der Waals surface area contributed by atoms with Crippen LogP contribution in [0.4, 0.5) is 0 Å². The maximum absolute atomic E-state index is 12.5. The molecule has 132 valence electrons. The smallest absolute Gasteiger partial charge is 0.280 e. The van der Waals surface area contributed by atoms with Gasteiger partial charge in [0.15, 0.2) is 0 Å². The summed E-state index contributed by atoms with van der Waals surface area (Å²) in [4.78, 5) is 24.5. The van der Waals surface area contributed by atoms with Crippen LogP contribution in [-0.2, 0) is 0 Å². The number of nitrogens with zero attached hydrogens (tertiary/aromatic N) is 2. The zero-order chi connectivity index (χ0) is 18.7. The molecule has 0 unspecified atom stereocenters. The van der Waals surface area contributed by atoms with Gasteiger partial charge in [0.2, 0.25) is 0 Å². The van der Waals surface area contributed by atoms with Gasteiger partial charge in [-0.1, -0.05) is 18.2 Å². The number of phenolic OH excluding ortho intramolecular Hbond substituents is 2. The fraction of sp³-hybridized carbons (Fsp3) is 0.0556. The van der Waals surface area contributed by atoms with E-state index in [0.29, 0.717) is 16.9 Å². The number of hydrogen-bond donors (Lipinski definition) is 4. The van der Waals surface area contributed by atoms with Gasteiger partial charge in [-0.3, -0.25) is 14.7 Å². The Morgan fingerprint density at radius 3 is 2.62 bits per heavy atom. The van der Waals surface area contributed by atoms with Gasteiger partial charge in [0.05, 0.1) is 23.0 Å². The fourth-order valence-corrected chi connectivity index (χ4v) is 2.40. The van der Waals surface area contributed by atoms with Crippen LogP contribution < -0.4 is 11.0 Å². The number of benzene rings is 2. The summed E-state index contributed by atoms with van der Waals surface area (Å²) in [6.45, 7) is 1.72. The molecule has 4 N–H and O–H groups in total. The number of para-hydroxylation sites is 1. The molecular formula is C18H16N4O4. The number of amides is 1. The molecule has 2 aromatic carbocycles. The lowest BCUT2D eigenvalue weighted by Crippen LogP contribution is -2.20. The van der Waals surface area contributed by atoms with Gasteiger partial charge in [-0.05, 0) is 31.2 Å². The topological polar surface area (TPSA) is 120 Å². The molecule has 1 heterocycles. The molecule has 0 aliphatic rings. The summed E-state index contributed by atoms with van der Waals surface area (Å²) in [5, 5.41) is 25.6. The highest BCUT2D eigenvalue weighted by Gasteiger charge is 2.12. The van der Waals surface area contributed by atoms with Crippen molar-refractivity contribution in [3.63, 3.8) is 0 Å². The third-order valence-corrected chi connectivity index (χ3v) is 3.72. The van der Waals surface area contributed by atoms with Gasteiger partial charge >= 0.3 is 0 Å². The minimum atomic E-state index is -0.671. The van der Waals surface area contributed by atoms with Crippen LogP contribution >= 0.6 is 0 Å². The van der Waals surface area contributed by atoms with Crippen molar-refractivity contribution in [2.75, 3.05) is 0 Å². The van der Waals surface area contributed by atoms with Gasteiger partial charge in [0, 0.05) is 11.8 Å². The number of aryl methyl sites for hydroxylation is 1. The number of carbonyl (C=O) groups is 1. The van der Waals surface area contributed by atoms with Gasteiger partial charge in [0.25, 0.3) is 11.5 Å². The Morgan fingerprint density at radius 1 is 1.19 bits per heavy atom. The number of nitrogens with one attached hydrogen (secondary N) is 2. The van der Waals surface area contributed by atoms with Crippen LogP contribution in [0.25, 0.3) is 5.69 Å². The Balaban J connectivity index is 1.80. The number of rotatable bonds is 4. The van der Waals surface area contributed by atoms with Crippen molar-refractivity contribution >= 4 is 12.1 Å². The summed E-state index contributed by atoms with van der Waals surface area (Å²) < 4.78 is 1.38. The summed E-state index contributed by atoms with van der Waals surface area (Å²) in [6, 6.07) is 12.6. The largest absolute Gasteiger partial charge is 0.508 e. The molecule has 0 atom stereocenters. The second-order valence-corrected chi connectivity index (χ2v) is 5.53. The van der Waals surface area contributed by atoms with E-state index in [-0.39, 0.29) is 22.6 Å². The van der Waals surface area contributed by atoms with Crippen molar-refractivity contribution < 1.29 is 15.0 Å². The number of H-pyrrole nitrogens is 1. The van der Waals surface area contributed by atoms with Crippen LogP contribution in [0.5, 0.6) is 11.5 Å². The van der Waals surface area contributed by atoms with E-state index >= 15 is 0 Å². The highest BCUT2D eigenvalue weighted by atomic mass is 16.3. The first-order valence-corrected chi connectivity index (χ1v) is 7.70. The van der Waals surface area contributed by atoms with Crippen molar-refractivity contribution in [2.24, 2.45) is 5.10 Å². The van der Waals surface area contributed by atoms with Crippen molar-refractivity contribution in [3.8, 4) is 17.2 Å². The third-order valence-electron chi connectivity index (χ3n) is 3.72. The Morgan fingerprint density at radius 2 is 1.92 bits per heavy atom. The maximum Gasteiger partial charge on any atom is 0.280 e. The molecular weight excluding hydrogens is 336 g/mol. The van der Waals surface area contributed by atoms with Gasteiger partial charge in [0.1, 0.15) is 11.5 Å². The van der Waals surface area contributed by atoms with E-state index in [4.69, 9.17) is 0 Å². The van der Waals surface area contributed by atoms with E-state index in [1.165, 1.54) is 23.0 Å². The summed E-state index contributed by atoms with van der Waals surface area (Å²) in [5.41, 5.74) is 3.44. The predicted octanol–water partition coefficient (Wildman–Crippen LogP) is 1.65. The minimum Gasteiger partial charge on any atom is -0.508 e. The monoisotopic (exact) mass is 352 g/mol. The molecule has 0 spiro atoms. The molecule has 3 rings (SSSR count). The van der Waals surface area contributed by atoms with E-state index in [1.54, 1.807) is 19.1 Å². The predicted molar refractivity (Wildman–Crippen MR) is 96.0 cm³/mol. The molecule has 1 amide bonds. The van der Waals surface area contributed by atoms with Crippen molar-refractivity contribution in [3.05, 3.63) is 75.7 Å². The third kappa shape index (κ3) is 3.34. The van der Waals surface area contributed by atoms with Gasteiger partial charge in [-0.2, -0.15) is 5.10 Å². The summed E-state index contributed by atoms with van der Waals surface area (Å²) >= 11 is 0. The molecule has 0 saturated heterocycles. The van der Waals surface area contributed by atoms with E-state index in [0.717, 1.165) is 6.07 Å². The number of phenols is 2. The average Bonchev–Trinajstić information content (AvgIpc) is 2.90. The number of hydrogen-bond acceptors (Lipinski definition) is 5. The lowest BCUT2D eigenvalue weighted by molar-refractivity contribution is 0.0952. The number of carbonyl (C=O) groups excluding carboxylic acids is 1. The first-order valence-electron chi connectivity index (χ1n) is 7.70.